The van der Waals surface area contributed by atoms with Gasteiger partial charge >= 0.3 is 0 Å². The van der Waals surface area contributed by atoms with E-state index in [-0.39, 0.29) is 17.6 Å². The molecule has 5 heteroatoms. The van der Waals surface area contributed by atoms with E-state index in [0.717, 1.165) is 5.69 Å². The molecule has 2 unspecified atom stereocenters. The summed E-state index contributed by atoms with van der Waals surface area (Å²) in [6.45, 7) is 6.37. The van der Waals surface area contributed by atoms with Gasteiger partial charge in [-0.2, -0.15) is 0 Å². The Morgan fingerprint density at radius 2 is 2.12 bits per heavy atom. The van der Waals surface area contributed by atoms with Gasteiger partial charge in [0.05, 0.1) is 11.8 Å². The van der Waals surface area contributed by atoms with Gasteiger partial charge in [0.2, 0.25) is 0 Å². The molecule has 0 aliphatic carbocycles. The molecule has 2 atom stereocenters. The Morgan fingerprint density at radius 1 is 1.50 bits per heavy atom. The average Bonchev–Trinajstić information content (AvgIpc) is 2.49. The van der Waals surface area contributed by atoms with Crippen LogP contribution in [0.2, 0.25) is 0 Å². The van der Waals surface area contributed by atoms with Gasteiger partial charge in [-0.1, -0.05) is 26.0 Å². The van der Waals surface area contributed by atoms with Crippen molar-refractivity contribution in [2.24, 2.45) is 18.2 Å². The highest BCUT2D eigenvalue weighted by molar-refractivity contribution is 4.98. The van der Waals surface area contributed by atoms with Gasteiger partial charge in [-0.25, -0.2) is 0 Å². The number of aromatic nitrogens is 3. The first-order chi connectivity index (χ1) is 7.34. The second kappa shape index (κ2) is 4.93. The number of hydrogen-bond donors (Lipinski definition) is 1. The Hall–Kier alpha value is -0.940. The van der Waals surface area contributed by atoms with Crippen LogP contribution >= 0.6 is 0 Å². The minimum atomic E-state index is -0.0679. The van der Waals surface area contributed by atoms with E-state index < -0.39 is 0 Å². The molecule has 2 N–H and O–H groups in total. The number of aryl methyl sites for hydroxylation is 1. The maximum Gasteiger partial charge on any atom is 0.0843 e. The van der Waals surface area contributed by atoms with Gasteiger partial charge in [0.15, 0.2) is 0 Å². The van der Waals surface area contributed by atoms with Gasteiger partial charge in [0, 0.05) is 32.8 Å². The Bertz CT molecular complexity index is 329. The summed E-state index contributed by atoms with van der Waals surface area (Å²) in [5.41, 5.74) is 7.08. The fourth-order valence-electron chi connectivity index (χ4n) is 2.01. The van der Waals surface area contributed by atoms with Crippen molar-refractivity contribution in [2.45, 2.75) is 39.3 Å². The first kappa shape index (κ1) is 13.1. The summed E-state index contributed by atoms with van der Waals surface area (Å²) >= 11 is 0. The minimum Gasteiger partial charge on any atom is -0.379 e. The summed E-state index contributed by atoms with van der Waals surface area (Å²) in [7, 11) is 3.55. The highest BCUT2D eigenvalue weighted by Crippen LogP contribution is 2.24. The molecular formula is C11H22N4O. The van der Waals surface area contributed by atoms with Crippen LogP contribution in [0.4, 0.5) is 0 Å². The lowest BCUT2D eigenvalue weighted by Gasteiger charge is -2.33. The van der Waals surface area contributed by atoms with Crippen LogP contribution in [0.3, 0.4) is 0 Å². The van der Waals surface area contributed by atoms with E-state index in [1.54, 1.807) is 11.8 Å². The van der Waals surface area contributed by atoms with Gasteiger partial charge < -0.3 is 10.5 Å². The van der Waals surface area contributed by atoms with Gasteiger partial charge in [-0.3, -0.25) is 4.68 Å². The molecule has 1 aromatic heterocycles. The van der Waals surface area contributed by atoms with Crippen LogP contribution in [0.15, 0.2) is 6.20 Å². The minimum absolute atomic E-state index is 0.00880. The van der Waals surface area contributed by atoms with Crippen molar-refractivity contribution in [3.05, 3.63) is 11.9 Å². The predicted molar refractivity (Wildman–Crippen MR) is 62.9 cm³/mol. The second-order valence-corrected chi connectivity index (χ2v) is 5.27. The third kappa shape index (κ3) is 3.28. The number of ether oxygens (including phenoxy) is 1. The molecule has 0 aliphatic rings. The van der Waals surface area contributed by atoms with Crippen LogP contribution in [0.5, 0.6) is 0 Å². The fraction of sp³-hybridized carbons (Fsp3) is 0.818. The lowest BCUT2D eigenvalue weighted by atomic mass is 9.83. The molecule has 0 amide bonds. The normalized spacial score (nSPS) is 16.1. The Morgan fingerprint density at radius 3 is 2.50 bits per heavy atom. The largest absolute Gasteiger partial charge is 0.379 e. The lowest BCUT2D eigenvalue weighted by Crippen LogP contribution is -2.46. The van der Waals surface area contributed by atoms with Crippen LogP contribution in [-0.2, 0) is 18.2 Å². The van der Waals surface area contributed by atoms with E-state index in [4.69, 9.17) is 10.5 Å². The van der Waals surface area contributed by atoms with Crippen molar-refractivity contribution >= 4 is 0 Å². The summed E-state index contributed by atoms with van der Waals surface area (Å²) in [5.74, 6) is 0. The number of nitrogens with two attached hydrogens (primary N) is 1. The van der Waals surface area contributed by atoms with E-state index in [1.165, 1.54) is 0 Å². The third-order valence-electron chi connectivity index (χ3n) is 2.59. The molecule has 1 rings (SSSR count). The molecule has 1 heterocycles. The second-order valence-electron chi connectivity index (χ2n) is 5.27. The van der Waals surface area contributed by atoms with Gasteiger partial charge in [-0.05, 0) is 5.41 Å². The van der Waals surface area contributed by atoms with Crippen molar-refractivity contribution in [1.82, 2.24) is 15.0 Å². The zero-order chi connectivity index (χ0) is 12.3. The molecule has 16 heavy (non-hydrogen) atoms. The Kier molecular flexibility index (Phi) is 4.04. The smallest absolute Gasteiger partial charge is 0.0843 e. The molecule has 0 spiro atoms. The monoisotopic (exact) mass is 226 g/mol. The number of rotatable bonds is 4. The molecule has 1 aromatic rings. The Labute approximate surface area is 97.0 Å². The summed E-state index contributed by atoms with van der Waals surface area (Å²) in [6.07, 6.45) is 2.58. The van der Waals surface area contributed by atoms with Crippen molar-refractivity contribution in [2.75, 3.05) is 7.11 Å². The molecule has 0 fully saturated rings. The van der Waals surface area contributed by atoms with Crippen molar-refractivity contribution in [3.8, 4) is 0 Å². The van der Waals surface area contributed by atoms with Crippen molar-refractivity contribution in [3.63, 3.8) is 0 Å². The molecule has 0 saturated heterocycles. The van der Waals surface area contributed by atoms with Crippen LogP contribution in [0.1, 0.15) is 26.5 Å². The summed E-state index contributed by atoms with van der Waals surface area (Å²) in [6, 6.07) is -0.0679. The molecule has 0 aliphatic heterocycles. The lowest BCUT2D eigenvalue weighted by molar-refractivity contribution is -0.00184. The van der Waals surface area contributed by atoms with Crippen LogP contribution in [0.25, 0.3) is 0 Å². The van der Waals surface area contributed by atoms with E-state index in [1.807, 2.05) is 13.2 Å². The zero-order valence-electron chi connectivity index (χ0n) is 10.8. The van der Waals surface area contributed by atoms with Gasteiger partial charge in [-0.15, -0.1) is 5.10 Å². The summed E-state index contributed by atoms with van der Waals surface area (Å²) < 4.78 is 7.16. The van der Waals surface area contributed by atoms with Crippen LogP contribution < -0.4 is 5.73 Å². The van der Waals surface area contributed by atoms with Gasteiger partial charge in [0.1, 0.15) is 0 Å². The number of methoxy groups -OCH3 is 1. The molecule has 0 saturated carbocycles. The average molecular weight is 226 g/mol. The first-order valence-corrected chi connectivity index (χ1v) is 5.48. The number of nitrogens with zero attached hydrogens (tertiary/aromatic N) is 3. The molecule has 0 aromatic carbocycles. The summed E-state index contributed by atoms with van der Waals surface area (Å²) in [5, 5.41) is 7.92. The highest BCUT2D eigenvalue weighted by atomic mass is 16.5. The van der Waals surface area contributed by atoms with Crippen LogP contribution in [-0.4, -0.2) is 34.2 Å². The molecule has 5 nitrogen and oxygen atoms in total. The Balaban J connectivity index is 2.66. The molecular weight excluding hydrogens is 204 g/mol. The summed E-state index contributed by atoms with van der Waals surface area (Å²) in [4.78, 5) is 0. The van der Waals surface area contributed by atoms with E-state index in [2.05, 4.69) is 31.1 Å². The van der Waals surface area contributed by atoms with Crippen molar-refractivity contribution < 1.29 is 4.74 Å². The topological polar surface area (TPSA) is 66.0 Å². The van der Waals surface area contributed by atoms with E-state index in [0.29, 0.717) is 6.42 Å². The number of hydrogen-bond acceptors (Lipinski definition) is 4. The predicted octanol–water partition coefficient (Wildman–Crippen LogP) is 0.746. The molecule has 92 valence electrons. The van der Waals surface area contributed by atoms with E-state index in [9.17, 15) is 0 Å². The van der Waals surface area contributed by atoms with Crippen LogP contribution in [0, 0.1) is 5.41 Å². The third-order valence-corrected chi connectivity index (χ3v) is 2.59. The maximum absolute atomic E-state index is 6.15. The quantitative estimate of drug-likeness (QED) is 0.822. The first-order valence-electron chi connectivity index (χ1n) is 5.48. The molecule has 0 radical (unpaired) electrons. The fourth-order valence-corrected chi connectivity index (χ4v) is 2.01. The van der Waals surface area contributed by atoms with E-state index >= 15 is 0 Å². The van der Waals surface area contributed by atoms with Gasteiger partial charge in [0.25, 0.3) is 0 Å². The zero-order valence-corrected chi connectivity index (χ0v) is 10.8. The standard InChI is InChI=1S/C11H22N4O/c1-11(2,3)10(16-5)9(12)6-8-7-15(4)14-13-8/h7,9-10H,6,12H2,1-5H3. The SMILES string of the molecule is COC(C(N)Cc1cn(C)nn1)C(C)(C)C. The molecule has 0 bridgehead atoms. The maximum atomic E-state index is 6.15. The highest BCUT2D eigenvalue weighted by Gasteiger charge is 2.30. The van der Waals surface area contributed by atoms with Crippen molar-refractivity contribution in [1.29, 1.82) is 0 Å².